The largest absolute Gasteiger partial charge is 0.462 e. The van der Waals surface area contributed by atoms with E-state index in [9.17, 15) is 19.2 Å². The Morgan fingerprint density at radius 1 is 0.632 bits per heavy atom. The number of hydrogen-bond donors (Lipinski definition) is 2. The first-order valence-electron chi connectivity index (χ1n) is 12.6. The van der Waals surface area contributed by atoms with Gasteiger partial charge in [0.25, 0.3) is 0 Å². The Kier molecular flexibility index (Phi) is 13.0. The maximum atomic E-state index is 12.3. The highest BCUT2D eigenvalue weighted by atomic mass is 16.5. The monoisotopic (exact) mass is 528 g/mol. The molecule has 0 aliphatic carbocycles. The second-order valence-corrected chi connectivity index (χ2v) is 8.49. The van der Waals surface area contributed by atoms with Crippen LogP contribution in [0.5, 0.6) is 0 Å². The molecule has 0 spiro atoms. The van der Waals surface area contributed by atoms with Gasteiger partial charge in [0.05, 0.1) is 13.1 Å². The Labute approximate surface area is 222 Å². The number of benzene rings is 2. The number of nitrogens with zero attached hydrogens (tertiary/aromatic N) is 2. The van der Waals surface area contributed by atoms with Gasteiger partial charge in [0.1, 0.15) is 26.4 Å². The van der Waals surface area contributed by atoms with Gasteiger partial charge in [0.2, 0.25) is 11.8 Å². The number of amides is 2. The minimum atomic E-state index is -0.725. The van der Waals surface area contributed by atoms with E-state index in [1.165, 1.54) is 0 Å². The third-order valence-corrected chi connectivity index (χ3v) is 5.81. The van der Waals surface area contributed by atoms with Gasteiger partial charge in [-0.25, -0.2) is 9.59 Å². The lowest BCUT2D eigenvalue weighted by Crippen LogP contribution is -2.33. The van der Waals surface area contributed by atoms with E-state index < -0.39 is 25.2 Å². The molecule has 0 aromatic heterocycles. The summed E-state index contributed by atoms with van der Waals surface area (Å²) in [7, 11) is 0. The van der Waals surface area contributed by atoms with E-state index in [1.54, 1.807) is 23.6 Å². The fourth-order valence-electron chi connectivity index (χ4n) is 3.71. The summed E-state index contributed by atoms with van der Waals surface area (Å²) in [5.74, 6) is -1.58. The standard InChI is InChI=1S/C28H36N2O8/c1-3-25(33)29(13-15-37-27(35)19-31)17-21-5-9-23(10-6-21)24-11-7-22(8-12-24)18-30(26(34)4-2)14-16-38-28(36)20-32/h5-12,31-32H,3-4,13-20H2,1-2H3. The molecule has 0 atom stereocenters. The van der Waals surface area contributed by atoms with Crippen molar-refractivity contribution in [2.45, 2.75) is 39.8 Å². The predicted molar refractivity (Wildman–Crippen MR) is 139 cm³/mol. The molecule has 0 radical (unpaired) electrons. The molecule has 0 aliphatic rings. The predicted octanol–water partition coefficient (Wildman–Crippen LogP) is 1.90. The van der Waals surface area contributed by atoms with Gasteiger partial charge in [-0.2, -0.15) is 0 Å². The number of ether oxygens (including phenoxy) is 2. The molecule has 0 saturated heterocycles. The summed E-state index contributed by atoms with van der Waals surface area (Å²) in [6.45, 7) is 3.41. The fourth-order valence-corrected chi connectivity index (χ4v) is 3.71. The maximum Gasteiger partial charge on any atom is 0.331 e. The molecule has 2 N–H and O–H groups in total. The lowest BCUT2D eigenvalue weighted by atomic mass is 10.0. The molecule has 0 unspecified atom stereocenters. The summed E-state index contributed by atoms with van der Waals surface area (Å²) < 4.78 is 9.77. The highest BCUT2D eigenvalue weighted by Gasteiger charge is 2.15. The third-order valence-electron chi connectivity index (χ3n) is 5.81. The Morgan fingerprint density at radius 3 is 1.26 bits per heavy atom. The number of hydrogen-bond acceptors (Lipinski definition) is 8. The van der Waals surface area contributed by atoms with Gasteiger partial charge in [0.15, 0.2) is 0 Å². The van der Waals surface area contributed by atoms with E-state index in [0.29, 0.717) is 25.9 Å². The van der Waals surface area contributed by atoms with Gasteiger partial charge in [-0.1, -0.05) is 62.4 Å². The summed E-state index contributed by atoms with van der Waals surface area (Å²) in [4.78, 5) is 50.1. The molecule has 2 aromatic rings. The summed E-state index contributed by atoms with van der Waals surface area (Å²) in [5.41, 5.74) is 3.83. The van der Waals surface area contributed by atoms with Crippen LogP contribution in [0.1, 0.15) is 37.8 Å². The van der Waals surface area contributed by atoms with Crippen molar-refractivity contribution >= 4 is 23.8 Å². The van der Waals surface area contributed by atoms with Crippen molar-refractivity contribution in [3.05, 3.63) is 59.7 Å². The molecule has 38 heavy (non-hydrogen) atoms. The zero-order chi connectivity index (χ0) is 27.9. The Bertz CT molecular complexity index is 968. The lowest BCUT2D eigenvalue weighted by Gasteiger charge is -2.22. The highest BCUT2D eigenvalue weighted by molar-refractivity contribution is 5.76. The summed E-state index contributed by atoms with van der Waals surface area (Å²) in [6.07, 6.45) is 0.654. The van der Waals surface area contributed by atoms with Crippen LogP contribution in [0.25, 0.3) is 11.1 Å². The first-order chi connectivity index (χ1) is 18.3. The van der Waals surface area contributed by atoms with Crippen molar-refractivity contribution in [3.8, 4) is 11.1 Å². The normalized spacial score (nSPS) is 10.5. The molecule has 0 aliphatic heterocycles. The molecular formula is C28H36N2O8. The van der Waals surface area contributed by atoms with Crippen LogP contribution < -0.4 is 0 Å². The Hall–Kier alpha value is -3.76. The molecule has 0 heterocycles. The van der Waals surface area contributed by atoms with Crippen LogP contribution in [0.4, 0.5) is 0 Å². The lowest BCUT2D eigenvalue weighted by molar-refractivity contribution is -0.149. The van der Waals surface area contributed by atoms with Crippen molar-refractivity contribution < 1.29 is 38.9 Å². The van der Waals surface area contributed by atoms with Gasteiger partial charge >= 0.3 is 11.9 Å². The van der Waals surface area contributed by atoms with Crippen LogP contribution in [-0.2, 0) is 41.7 Å². The first kappa shape index (κ1) is 30.5. The average Bonchev–Trinajstić information content (AvgIpc) is 2.95. The van der Waals surface area contributed by atoms with Crippen LogP contribution in [-0.4, -0.2) is 83.3 Å². The van der Waals surface area contributed by atoms with Gasteiger partial charge in [-0.15, -0.1) is 0 Å². The molecule has 2 rings (SSSR count). The first-order valence-corrected chi connectivity index (χ1v) is 12.6. The number of carbonyl (C=O) groups is 4. The second kappa shape index (κ2) is 16.2. The molecular weight excluding hydrogens is 492 g/mol. The van der Waals surface area contributed by atoms with Crippen molar-refractivity contribution in [1.29, 1.82) is 0 Å². The summed E-state index contributed by atoms with van der Waals surface area (Å²) in [6, 6.07) is 15.6. The van der Waals surface area contributed by atoms with Crippen molar-refractivity contribution in [1.82, 2.24) is 9.80 Å². The van der Waals surface area contributed by atoms with Gasteiger partial charge in [-0.3, -0.25) is 9.59 Å². The van der Waals surface area contributed by atoms with E-state index in [-0.39, 0.29) is 38.1 Å². The van der Waals surface area contributed by atoms with E-state index in [1.807, 2.05) is 48.5 Å². The zero-order valence-electron chi connectivity index (χ0n) is 21.9. The van der Waals surface area contributed by atoms with Crippen LogP contribution >= 0.6 is 0 Å². The SMILES string of the molecule is CCC(=O)N(CCOC(=O)CO)Cc1ccc(-c2ccc(CN(CCOC(=O)CO)C(=O)CC)cc2)cc1. The van der Waals surface area contributed by atoms with Crippen molar-refractivity contribution in [3.63, 3.8) is 0 Å². The number of aliphatic hydroxyl groups excluding tert-OH is 2. The molecule has 2 aromatic carbocycles. The zero-order valence-corrected chi connectivity index (χ0v) is 21.9. The Balaban J connectivity index is 2.01. The number of rotatable bonds is 15. The fraction of sp³-hybridized carbons (Fsp3) is 0.429. The van der Waals surface area contributed by atoms with Gasteiger partial charge in [0, 0.05) is 25.9 Å². The number of carbonyl (C=O) groups excluding carboxylic acids is 4. The molecule has 2 amide bonds. The summed E-state index contributed by atoms with van der Waals surface area (Å²) >= 11 is 0. The smallest absolute Gasteiger partial charge is 0.331 e. The van der Waals surface area contributed by atoms with E-state index in [4.69, 9.17) is 19.7 Å². The van der Waals surface area contributed by atoms with Crippen LogP contribution in [0.2, 0.25) is 0 Å². The number of esters is 2. The van der Waals surface area contributed by atoms with E-state index >= 15 is 0 Å². The molecule has 206 valence electrons. The third kappa shape index (κ3) is 9.95. The summed E-state index contributed by atoms with van der Waals surface area (Å²) in [5, 5.41) is 17.5. The average molecular weight is 529 g/mol. The molecule has 10 heteroatoms. The van der Waals surface area contributed by atoms with Crippen LogP contribution in [0, 0.1) is 0 Å². The quantitative estimate of drug-likeness (QED) is 0.335. The number of aliphatic hydroxyl groups is 2. The second-order valence-electron chi connectivity index (χ2n) is 8.49. The van der Waals surface area contributed by atoms with E-state index in [2.05, 4.69) is 0 Å². The van der Waals surface area contributed by atoms with Crippen LogP contribution in [0.15, 0.2) is 48.5 Å². The van der Waals surface area contributed by atoms with Crippen molar-refractivity contribution in [2.75, 3.05) is 39.5 Å². The maximum absolute atomic E-state index is 12.3. The molecule has 0 saturated carbocycles. The molecule has 10 nitrogen and oxygen atoms in total. The van der Waals surface area contributed by atoms with Crippen molar-refractivity contribution in [2.24, 2.45) is 0 Å². The van der Waals surface area contributed by atoms with Gasteiger partial charge in [-0.05, 0) is 22.3 Å². The minimum absolute atomic E-state index is 0.0185. The highest BCUT2D eigenvalue weighted by Crippen LogP contribution is 2.22. The topological polar surface area (TPSA) is 134 Å². The van der Waals surface area contributed by atoms with Gasteiger partial charge < -0.3 is 29.5 Å². The molecule has 0 fully saturated rings. The Morgan fingerprint density at radius 2 is 0.974 bits per heavy atom. The minimum Gasteiger partial charge on any atom is -0.462 e. The van der Waals surface area contributed by atoms with Crippen LogP contribution in [0.3, 0.4) is 0 Å². The van der Waals surface area contributed by atoms with E-state index in [0.717, 1.165) is 22.3 Å². The molecule has 0 bridgehead atoms.